The second-order valence-corrected chi connectivity index (χ2v) is 6.97. The largest absolute Gasteiger partial charge is 0.355 e. The molecule has 0 unspecified atom stereocenters. The van der Waals surface area contributed by atoms with Gasteiger partial charge in [0.1, 0.15) is 0 Å². The first-order valence-corrected chi connectivity index (χ1v) is 7.26. The number of thioether (sulfide) groups is 1. The highest BCUT2D eigenvalue weighted by Gasteiger charge is 2.13. The van der Waals surface area contributed by atoms with E-state index in [0.717, 1.165) is 9.47 Å². The first-order chi connectivity index (χ1) is 8.42. The van der Waals surface area contributed by atoms with Crippen molar-refractivity contribution in [2.75, 3.05) is 5.32 Å². The van der Waals surface area contributed by atoms with Gasteiger partial charge in [-0.1, -0.05) is 28.3 Å². The molecular weight excluding hydrogens is 270 g/mol. The van der Waals surface area contributed by atoms with Crippen molar-refractivity contribution in [3.8, 4) is 0 Å². The summed E-state index contributed by atoms with van der Waals surface area (Å²) in [6.07, 6.45) is 0. The Morgan fingerprint density at radius 2 is 2.11 bits per heavy atom. The predicted molar refractivity (Wildman–Crippen MR) is 71.9 cm³/mol. The molecule has 0 saturated heterocycles. The van der Waals surface area contributed by atoms with Crippen LogP contribution < -0.4 is 5.32 Å². The van der Waals surface area contributed by atoms with Gasteiger partial charge in [-0.3, -0.25) is 0 Å². The Morgan fingerprint density at radius 3 is 2.72 bits per heavy atom. The van der Waals surface area contributed by atoms with Crippen LogP contribution in [0.15, 0.2) is 8.86 Å². The van der Waals surface area contributed by atoms with Gasteiger partial charge < -0.3 is 9.84 Å². The Bertz CT molecular complexity index is 516. The smallest absolute Gasteiger partial charge is 0.237 e. The maximum atomic E-state index is 5.03. The molecular formula is C10H15N5OS2. The number of hydrogen-bond acceptors (Lipinski definition) is 8. The van der Waals surface area contributed by atoms with Crippen LogP contribution in [0.3, 0.4) is 0 Å². The van der Waals surface area contributed by atoms with Crippen molar-refractivity contribution in [3.63, 3.8) is 0 Å². The summed E-state index contributed by atoms with van der Waals surface area (Å²) in [5.41, 5.74) is -0.00886. The van der Waals surface area contributed by atoms with Crippen LogP contribution in [0.4, 0.5) is 5.13 Å². The molecule has 2 aromatic rings. The van der Waals surface area contributed by atoms with Gasteiger partial charge >= 0.3 is 0 Å². The van der Waals surface area contributed by atoms with Crippen molar-refractivity contribution < 1.29 is 4.52 Å². The Morgan fingerprint density at radius 1 is 1.33 bits per heavy atom. The summed E-state index contributed by atoms with van der Waals surface area (Å²) < 4.78 is 5.92. The number of hydrogen-bond donors (Lipinski definition) is 1. The first-order valence-electron chi connectivity index (χ1n) is 5.46. The molecule has 0 aliphatic heterocycles. The second-order valence-electron chi connectivity index (χ2n) is 4.77. The standard InChI is InChI=1S/C10H15N5OS2/c1-6-11-7(16-15-6)5-17-9-14-13-8(18-9)12-10(2,3)4/h5H2,1-4H3,(H,12,13). The van der Waals surface area contributed by atoms with E-state index in [4.69, 9.17) is 4.52 Å². The van der Waals surface area contributed by atoms with E-state index >= 15 is 0 Å². The van der Waals surface area contributed by atoms with Gasteiger partial charge in [0, 0.05) is 5.54 Å². The van der Waals surface area contributed by atoms with Crippen molar-refractivity contribution in [3.05, 3.63) is 11.7 Å². The van der Waals surface area contributed by atoms with Crippen LogP contribution in [-0.4, -0.2) is 25.9 Å². The third-order valence-electron chi connectivity index (χ3n) is 1.78. The van der Waals surface area contributed by atoms with Crippen LogP contribution in [0.1, 0.15) is 32.5 Å². The number of anilines is 1. The monoisotopic (exact) mass is 285 g/mol. The molecule has 0 fully saturated rings. The zero-order valence-electron chi connectivity index (χ0n) is 10.7. The molecule has 0 spiro atoms. The zero-order valence-corrected chi connectivity index (χ0v) is 12.4. The van der Waals surface area contributed by atoms with Crippen molar-refractivity contribution in [1.82, 2.24) is 20.3 Å². The lowest BCUT2D eigenvalue weighted by molar-refractivity contribution is 0.387. The lowest BCUT2D eigenvalue weighted by Gasteiger charge is -2.18. The molecule has 98 valence electrons. The maximum absolute atomic E-state index is 5.03. The molecule has 2 aromatic heterocycles. The maximum Gasteiger partial charge on any atom is 0.237 e. The molecule has 2 rings (SSSR count). The molecule has 0 aromatic carbocycles. The fourth-order valence-corrected chi connectivity index (χ4v) is 2.96. The Balaban J connectivity index is 1.91. The number of aromatic nitrogens is 4. The molecule has 0 amide bonds. The molecule has 8 heteroatoms. The molecule has 0 bridgehead atoms. The number of nitrogens with zero attached hydrogens (tertiary/aromatic N) is 4. The third kappa shape index (κ3) is 3.95. The second kappa shape index (κ2) is 5.23. The van der Waals surface area contributed by atoms with Crippen molar-refractivity contribution in [2.45, 2.75) is 43.3 Å². The summed E-state index contributed by atoms with van der Waals surface area (Å²) >= 11 is 3.07. The minimum absolute atomic E-state index is 0.00886. The highest BCUT2D eigenvalue weighted by atomic mass is 32.2. The van der Waals surface area contributed by atoms with Crippen LogP contribution in [0, 0.1) is 6.92 Å². The van der Waals surface area contributed by atoms with E-state index in [-0.39, 0.29) is 5.54 Å². The molecule has 18 heavy (non-hydrogen) atoms. The number of aryl methyl sites for hydroxylation is 1. The molecule has 0 radical (unpaired) electrons. The van der Waals surface area contributed by atoms with Crippen molar-refractivity contribution in [1.29, 1.82) is 0 Å². The summed E-state index contributed by atoms with van der Waals surface area (Å²) in [6.45, 7) is 8.06. The van der Waals surface area contributed by atoms with Crippen LogP contribution in [0.5, 0.6) is 0 Å². The zero-order chi connectivity index (χ0) is 13.2. The van der Waals surface area contributed by atoms with Crippen LogP contribution in [0.25, 0.3) is 0 Å². The average molecular weight is 285 g/mol. The molecule has 0 aliphatic rings. The molecule has 0 saturated carbocycles. The first kappa shape index (κ1) is 13.3. The Kier molecular flexibility index (Phi) is 3.86. The van der Waals surface area contributed by atoms with Gasteiger partial charge in [0.25, 0.3) is 0 Å². The SMILES string of the molecule is Cc1noc(CSc2nnc(NC(C)(C)C)s2)n1. The number of nitrogens with one attached hydrogen (secondary N) is 1. The Labute approximate surface area is 114 Å². The quantitative estimate of drug-likeness (QED) is 0.865. The van der Waals surface area contributed by atoms with Gasteiger partial charge in [0.15, 0.2) is 10.2 Å². The van der Waals surface area contributed by atoms with Crippen LogP contribution in [0.2, 0.25) is 0 Å². The van der Waals surface area contributed by atoms with Gasteiger partial charge in [-0.25, -0.2) is 0 Å². The molecule has 2 heterocycles. The highest BCUT2D eigenvalue weighted by molar-refractivity contribution is 8.00. The molecule has 0 atom stereocenters. The summed E-state index contributed by atoms with van der Waals surface area (Å²) in [5, 5.41) is 16.0. The topological polar surface area (TPSA) is 76.7 Å². The van der Waals surface area contributed by atoms with E-state index in [1.165, 1.54) is 11.3 Å². The van der Waals surface area contributed by atoms with E-state index < -0.39 is 0 Å². The highest BCUT2D eigenvalue weighted by Crippen LogP contribution is 2.29. The van der Waals surface area contributed by atoms with E-state index in [1.54, 1.807) is 18.7 Å². The molecule has 0 aliphatic carbocycles. The van der Waals surface area contributed by atoms with Crippen molar-refractivity contribution in [2.24, 2.45) is 0 Å². The summed E-state index contributed by atoms with van der Waals surface area (Å²) in [4.78, 5) is 4.13. The van der Waals surface area contributed by atoms with Gasteiger partial charge in [0.2, 0.25) is 11.0 Å². The third-order valence-corrected chi connectivity index (χ3v) is 3.73. The van der Waals surface area contributed by atoms with E-state index in [9.17, 15) is 0 Å². The van der Waals surface area contributed by atoms with Gasteiger partial charge in [-0.05, 0) is 27.7 Å². The summed E-state index contributed by atoms with van der Waals surface area (Å²) in [7, 11) is 0. The summed E-state index contributed by atoms with van der Waals surface area (Å²) in [6, 6.07) is 0. The van der Waals surface area contributed by atoms with Crippen molar-refractivity contribution >= 4 is 28.2 Å². The summed E-state index contributed by atoms with van der Waals surface area (Å²) in [5.74, 6) is 1.88. The van der Waals surface area contributed by atoms with E-state index in [0.29, 0.717) is 17.5 Å². The minimum Gasteiger partial charge on any atom is -0.355 e. The van der Waals surface area contributed by atoms with Crippen LogP contribution in [-0.2, 0) is 5.75 Å². The van der Waals surface area contributed by atoms with Gasteiger partial charge in [-0.2, -0.15) is 4.98 Å². The van der Waals surface area contributed by atoms with E-state index in [1.807, 2.05) is 0 Å². The Hall–Kier alpha value is -1.15. The predicted octanol–water partition coefficient (Wildman–Crippen LogP) is 2.73. The molecule has 1 N–H and O–H groups in total. The van der Waals surface area contributed by atoms with Crippen LogP contribution >= 0.6 is 23.1 Å². The normalized spacial score (nSPS) is 11.8. The van der Waals surface area contributed by atoms with E-state index in [2.05, 4.69) is 46.4 Å². The fraction of sp³-hybridized carbons (Fsp3) is 0.600. The lowest BCUT2D eigenvalue weighted by atomic mass is 10.1. The van der Waals surface area contributed by atoms with Gasteiger partial charge in [0.05, 0.1) is 5.75 Å². The fourth-order valence-electron chi connectivity index (χ4n) is 1.16. The minimum atomic E-state index is -0.00886. The average Bonchev–Trinajstić information content (AvgIpc) is 2.82. The number of rotatable bonds is 4. The molecule has 6 nitrogen and oxygen atoms in total. The lowest BCUT2D eigenvalue weighted by Crippen LogP contribution is -2.25. The van der Waals surface area contributed by atoms with Gasteiger partial charge in [-0.15, -0.1) is 10.2 Å².